The van der Waals surface area contributed by atoms with Crippen molar-refractivity contribution in [3.63, 3.8) is 0 Å². The first-order valence-electron chi connectivity index (χ1n) is 5.32. The zero-order chi connectivity index (χ0) is 11.7. The Bertz CT molecular complexity index is 719. The van der Waals surface area contributed by atoms with Crippen LogP contribution < -0.4 is 4.54 Å². The number of nitrogens with one attached hydrogen (secondary N) is 1. The van der Waals surface area contributed by atoms with Crippen molar-refractivity contribution in [3.8, 4) is 11.4 Å². The third-order valence-electron chi connectivity index (χ3n) is 2.59. The van der Waals surface area contributed by atoms with Crippen LogP contribution in [0.15, 0.2) is 54.6 Å². The van der Waals surface area contributed by atoms with Crippen molar-refractivity contribution in [1.82, 2.24) is 10.1 Å². The number of aromatic amines is 1. The highest BCUT2D eigenvalue weighted by Gasteiger charge is 2.10. The van der Waals surface area contributed by atoms with Gasteiger partial charge in [-0.1, -0.05) is 47.6 Å². The molecule has 4 heteroatoms. The average Bonchev–Trinajstić information content (AvgIpc) is 2.40. The van der Waals surface area contributed by atoms with E-state index in [1.54, 1.807) is 6.07 Å². The van der Waals surface area contributed by atoms with Crippen LogP contribution in [0, 0.1) is 4.91 Å². The molecule has 1 N–H and O–H groups in total. The molecule has 0 atom stereocenters. The normalized spacial score (nSPS) is 10.6. The highest BCUT2D eigenvalue weighted by atomic mass is 16.3. The second-order valence-electron chi connectivity index (χ2n) is 3.72. The summed E-state index contributed by atoms with van der Waals surface area (Å²) in [5.41, 5.74) is 2.11. The molecule has 0 saturated heterocycles. The van der Waals surface area contributed by atoms with Gasteiger partial charge in [-0.05, 0) is 6.07 Å². The summed E-state index contributed by atoms with van der Waals surface area (Å²) in [4.78, 5) is 16.2. The lowest BCUT2D eigenvalue weighted by molar-refractivity contribution is -0.535. The van der Waals surface area contributed by atoms with Gasteiger partial charge < -0.3 is 0 Å². The summed E-state index contributed by atoms with van der Waals surface area (Å²) in [6.07, 6.45) is 0. The summed E-state index contributed by atoms with van der Waals surface area (Å²) in [7, 11) is 0. The van der Waals surface area contributed by atoms with Crippen LogP contribution in [0.4, 0.5) is 0 Å². The molecule has 0 bridgehead atoms. The Hall–Kier alpha value is -2.49. The van der Waals surface area contributed by atoms with E-state index < -0.39 is 0 Å². The minimum Gasteiger partial charge on any atom is -0.218 e. The van der Waals surface area contributed by atoms with Crippen LogP contribution in [0.5, 0.6) is 0 Å². The molecule has 3 aromatic rings. The second kappa shape index (κ2) is 3.83. The Balaban J connectivity index is 2.30. The van der Waals surface area contributed by atoms with Gasteiger partial charge in [-0.3, -0.25) is 0 Å². The molecule has 3 rings (SSSR count). The maximum atomic E-state index is 11.8. The predicted octanol–water partition coefficient (Wildman–Crippen LogP) is 2.14. The fourth-order valence-corrected chi connectivity index (χ4v) is 1.76. The Morgan fingerprint density at radius 3 is 2.47 bits per heavy atom. The number of fused-ring (bicyclic) bond motifs is 1. The minimum absolute atomic E-state index is 0.534. The van der Waals surface area contributed by atoms with Crippen molar-refractivity contribution in [2.45, 2.75) is 0 Å². The lowest BCUT2D eigenvalue weighted by atomic mass is 10.2. The molecular formula is C13H10N3O+. The van der Waals surface area contributed by atoms with E-state index in [0.717, 1.165) is 10.1 Å². The fourth-order valence-electron chi connectivity index (χ4n) is 1.76. The number of para-hydroxylation sites is 2. The van der Waals surface area contributed by atoms with Crippen molar-refractivity contribution in [3.05, 3.63) is 59.5 Å². The van der Waals surface area contributed by atoms with E-state index in [0.29, 0.717) is 16.9 Å². The molecule has 0 unspecified atom stereocenters. The van der Waals surface area contributed by atoms with Crippen LogP contribution in [0.3, 0.4) is 0 Å². The van der Waals surface area contributed by atoms with Crippen LogP contribution in [0.25, 0.3) is 22.4 Å². The third kappa shape index (κ3) is 1.69. The lowest BCUT2D eigenvalue weighted by Crippen LogP contribution is -2.22. The number of benzene rings is 2. The van der Waals surface area contributed by atoms with E-state index in [1.165, 1.54) is 0 Å². The summed E-state index contributed by atoms with van der Waals surface area (Å²) >= 11 is 0. The lowest BCUT2D eigenvalue weighted by Gasteiger charge is -1.97. The van der Waals surface area contributed by atoms with Crippen molar-refractivity contribution < 1.29 is 4.54 Å². The molecule has 2 aromatic carbocycles. The number of aromatic nitrogens is 3. The van der Waals surface area contributed by atoms with Gasteiger partial charge in [0, 0.05) is 11.6 Å². The molecule has 0 spiro atoms. The smallest absolute Gasteiger partial charge is 0.218 e. The maximum Gasteiger partial charge on any atom is 0.317 e. The van der Waals surface area contributed by atoms with Gasteiger partial charge in [-0.2, -0.15) is 0 Å². The first-order valence-corrected chi connectivity index (χ1v) is 5.32. The summed E-state index contributed by atoms with van der Waals surface area (Å²) in [6.45, 7) is 0. The molecule has 4 nitrogen and oxygen atoms in total. The first-order chi connectivity index (χ1) is 8.34. The fraction of sp³-hybridized carbons (Fsp3) is 0. The maximum absolute atomic E-state index is 11.8. The van der Waals surface area contributed by atoms with Crippen LogP contribution >= 0.6 is 0 Å². The van der Waals surface area contributed by atoms with Gasteiger partial charge in [-0.25, -0.2) is 4.98 Å². The molecule has 1 heterocycles. The van der Waals surface area contributed by atoms with Gasteiger partial charge in [0.15, 0.2) is 10.4 Å². The largest absolute Gasteiger partial charge is 0.317 e. The van der Waals surface area contributed by atoms with Crippen molar-refractivity contribution >= 4 is 11.0 Å². The van der Waals surface area contributed by atoms with Crippen LogP contribution in [0.2, 0.25) is 0 Å². The van der Waals surface area contributed by atoms with Crippen molar-refractivity contribution in [2.75, 3.05) is 0 Å². The van der Waals surface area contributed by atoms with Crippen LogP contribution in [-0.4, -0.2) is 10.1 Å². The zero-order valence-corrected chi connectivity index (χ0v) is 9.00. The van der Waals surface area contributed by atoms with E-state index in [4.69, 9.17) is 0 Å². The van der Waals surface area contributed by atoms with Gasteiger partial charge >= 0.3 is 5.52 Å². The van der Waals surface area contributed by atoms with E-state index >= 15 is 0 Å². The molecule has 0 aliphatic rings. The molecule has 0 amide bonds. The van der Waals surface area contributed by atoms with Gasteiger partial charge in [0.25, 0.3) is 0 Å². The standard InChI is InChI=1S/C13H10N3O/c17-16-12-9-5-4-8-11(12)14-13(15-16)10-6-2-1-3-7-10/h1-9H,(H,14,15,17)/q+1. The number of hydrogen-bond acceptors (Lipinski definition) is 2. The quantitative estimate of drug-likeness (QED) is 0.644. The second-order valence-corrected chi connectivity index (χ2v) is 3.72. The zero-order valence-electron chi connectivity index (χ0n) is 9.00. The summed E-state index contributed by atoms with van der Waals surface area (Å²) < 4.78 is 0.741. The van der Waals surface area contributed by atoms with Gasteiger partial charge in [-0.15, -0.1) is 0 Å². The van der Waals surface area contributed by atoms with E-state index in [1.807, 2.05) is 48.5 Å². The number of rotatable bonds is 1. The minimum atomic E-state index is 0.534. The number of H-pyrrole nitrogens is 1. The Morgan fingerprint density at radius 1 is 0.941 bits per heavy atom. The molecule has 0 aliphatic heterocycles. The summed E-state index contributed by atoms with van der Waals surface area (Å²) in [6, 6.07) is 16.8. The molecule has 0 aliphatic carbocycles. The van der Waals surface area contributed by atoms with Crippen LogP contribution in [0.1, 0.15) is 0 Å². The Kier molecular flexibility index (Phi) is 2.19. The van der Waals surface area contributed by atoms with Gasteiger partial charge in [0.1, 0.15) is 5.52 Å². The topological polar surface area (TPSA) is 51.7 Å². The molecule has 0 radical (unpaired) electrons. The molecule has 82 valence electrons. The molecule has 1 aromatic heterocycles. The van der Waals surface area contributed by atoms with E-state index in [9.17, 15) is 4.91 Å². The first kappa shape index (κ1) is 9.72. The Morgan fingerprint density at radius 2 is 1.65 bits per heavy atom. The summed E-state index contributed by atoms with van der Waals surface area (Å²) in [5, 5.41) is 2.72. The Labute approximate surface area is 97.2 Å². The van der Waals surface area contributed by atoms with Crippen LogP contribution in [-0.2, 0) is 0 Å². The van der Waals surface area contributed by atoms with Crippen molar-refractivity contribution in [2.24, 2.45) is 0 Å². The van der Waals surface area contributed by atoms with E-state index in [-0.39, 0.29) is 0 Å². The molecule has 17 heavy (non-hydrogen) atoms. The monoisotopic (exact) mass is 224 g/mol. The summed E-state index contributed by atoms with van der Waals surface area (Å²) in [5.74, 6) is 0.569. The van der Waals surface area contributed by atoms with E-state index in [2.05, 4.69) is 10.1 Å². The van der Waals surface area contributed by atoms with Gasteiger partial charge in [0.05, 0.1) is 4.91 Å². The predicted molar refractivity (Wildman–Crippen MR) is 64.9 cm³/mol. The highest BCUT2D eigenvalue weighted by molar-refractivity contribution is 5.72. The average molecular weight is 224 g/mol. The molecule has 0 fully saturated rings. The number of nitrogens with zero attached hydrogens (tertiary/aromatic N) is 2. The SMILES string of the molecule is O=[n+]1[nH]c(-c2ccccc2)nc2ccccc21. The molecular weight excluding hydrogens is 214 g/mol. The molecule has 0 saturated carbocycles. The van der Waals surface area contributed by atoms with Gasteiger partial charge in [0.2, 0.25) is 0 Å². The number of hydrogen-bond donors (Lipinski definition) is 1. The highest BCUT2D eigenvalue weighted by Crippen LogP contribution is 2.14. The third-order valence-corrected chi connectivity index (χ3v) is 2.59. The van der Waals surface area contributed by atoms with Crippen molar-refractivity contribution in [1.29, 1.82) is 0 Å².